The third-order valence-corrected chi connectivity index (χ3v) is 3.99. The summed E-state index contributed by atoms with van der Waals surface area (Å²) >= 11 is 0. The number of hydrogen-bond donors (Lipinski definition) is 1. The van der Waals surface area contributed by atoms with Gasteiger partial charge in [0.05, 0.1) is 5.69 Å². The zero-order chi connectivity index (χ0) is 16.2. The second kappa shape index (κ2) is 6.79. The molecule has 0 atom stereocenters. The lowest BCUT2D eigenvalue weighted by Crippen LogP contribution is -2.40. The Balaban J connectivity index is 1.75. The standard InChI is InChI=1S/C18H19FN3O/c1-13-4-2-3-5-15(13)18(23)21-14-6-7-17(16(19)12-14)22-10-8-20-9-11-22/h2-7,12H,8-11H2,1H3,(H,21,23). The van der Waals surface area contributed by atoms with E-state index in [-0.39, 0.29) is 11.7 Å². The van der Waals surface area contributed by atoms with Crippen LogP contribution in [0.3, 0.4) is 0 Å². The van der Waals surface area contributed by atoms with Crippen LogP contribution in [0.15, 0.2) is 42.5 Å². The third-order valence-electron chi connectivity index (χ3n) is 3.99. The van der Waals surface area contributed by atoms with Gasteiger partial charge >= 0.3 is 0 Å². The highest BCUT2D eigenvalue weighted by Gasteiger charge is 2.16. The minimum absolute atomic E-state index is 0.230. The van der Waals surface area contributed by atoms with Crippen molar-refractivity contribution in [3.8, 4) is 0 Å². The number of nitrogens with zero attached hydrogens (tertiary/aromatic N) is 2. The van der Waals surface area contributed by atoms with Crippen LogP contribution in [0, 0.1) is 12.7 Å². The second-order valence-corrected chi connectivity index (χ2v) is 5.59. The Morgan fingerprint density at radius 3 is 2.61 bits per heavy atom. The number of piperazine rings is 1. The molecule has 1 amide bonds. The Morgan fingerprint density at radius 1 is 1.17 bits per heavy atom. The summed E-state index contributed by atoms with van der Waals surface area (Å²) < 4.78 is 14.3. The second-order valence-electron chi connectivity index (χ2n) is 5.59. The maximum atomic E-state index is 14.3. The molecule has 119 valence electrons. The quantitative estimate of drug-likeness (QED) is 0.947. The van der Waals surface area contributed by atoms with Gasteiger partial charge < -0.3 is 10.2 Å². The van der Waals surface area contributed by atoms with E-state index in [1.54, 1.807) is 18.2 Å². The minimum Gasteiger partial charge on any atom is -0.366 e. The maximum absolute atomic E-state index is 14.3. The van der Waals surface area contributed by atoms with E-state index in [0.717, 1.165) is 31.7 Å². The van der Waals surface area contributed by atoms with E-state index in [2.05, 4.69) is 10.6 Å². The lowest BCUT2D eigenvalue weighted by Gasteiger charge is -2.29. The lowest BCUT2D eigenvalue weighted by molar-refractivity contribution is 0.102. The zero-order valence-electron chi connectivity index (χ0n) is 13.1. The van der Waals surface area contributed by atoms with Crippen LogP contribution in [0.25, 0.3) is 0 Å². The largest absolute Gasteiger partial charge is 0.366 e. The van der Waals surface area contributed by atoms with Crippen molar-refractivity contribution in [3.63, 3.8) is 0 Å². The molecule has 1 N–H and O–H groups in total. The van der Waals surface area contributed by atoms with Gasteiger partial charge in [0.2, 0.25) is 0 Å². The van der Waals surface area contributed by atoms with Gasteiger partial charge in [-0.25, -0.2) is 9.71 Å². The average molecular weight is 312 g/mol. The molecule has 0 spiro atoms. The fourth-order valence-corrected chi connectivity index (χ4v) is 2.71. The first-order valence-corrected chi connectivity index (χ1v) is 7.70. The van der Waals surface area contributed by atoms with E-state index >= 15 is 0 Å². The van der Waals surface area contributed by atoms with Gasteiger partial charge in [-0.15, -0.1) is 0 Å². The predicted molar refractivity (Wildman–Crippen MR) is 89.6 cm³/mol. The highest BCUT2D eigenvalue weighted by molar-refractivity contribution is 6.05. The number of nitrogens with one attached hydrogen (secondary N) is 1. The first-order valence-electron chi connectivity index (χ1n) is 7.70. The molecule has 2 aromatic rings. The molecular weight excluding hydrogens is 293 g/mol. The maximum Gasteiger partial charge on any atom is 0.255 e. The first kappa shape index (κ1) is 15.5. The molecule has 1 aliphatic heterocycles. The van der Waals surface area contributed by atoms with Gasteiger partial charge in [-0.2, -0.15) is 0 Å². The monoisotopic (exact) mass is 312 g/mol. The summed E-state index contributed by atoms with van der Waals surface area (Å²) in [5, 5.41) is 7.01. The Bertz CT molecular complexity index is 711. The Morgan fingerprint density at radius 2 is 1.91 bits per heavy atom. The number of anilines is 2. The summed E-state index contributed by atoms with van der Waals surface area (Å²) in [5.74, 6) is -0.554. The number of carbonyl (C=O) groups excluding carboxylic acids is 1. The fraction of sp³-hybridized carbons (Fsp3) is 0.278. The van der Waals surface area contributed by atoms with Crippen LogP contribution in [0.1, 0.15) is 15.9 Å². The van der Waals surface area contributed by atoms with Crippen molar-refractivity contribution >= 4 is 17.3 Å². The van der Waals surface area contributed by atoms with Crippen molar-refractivity contribution in [2.24, 2.45) is 0 Å². The Hall–Kier alpha value is -2.40. The van der Waals surface area contributed by atoms with Crippen LogP contribution >= 0.6 is 0 Å². The normalized spacial score (nSPS) is 14.6. The number of carbonyl (C=O) groups is 1. The van der Waals surface area contributed by atoms with Gasteiger partial charge in [-0.3, -0.25) is 4.79 Å². The molecule has 4 nitrogen and oxygen atoms in total. The van der Waals surface area contributed by atoms with Gasteiger partial charge in [0, 0.05) is 37.4 Å². The summed E-state index contributed by atoms with van der Waals surface area (Å²) in [5.41, 5.74) is 2.50. The van der Waals surface area contributed by atoms with Gasteiger partial charge in [0.1, 0.15) is 5.82 Å². The third kappa shape index (κ3) is 3.51. The average Bonchev–Trinajstić information content (AvgIpc) is 2.56. The molecule has 0 unspecified atom stereocenters. The molecular formula is C18H19FN3O. The molecule has 1 saturated heterocycles. The van der Waals surface area contributed by atoms with Gasteiger partial charge in [0.25, 0.3) is 5.91 Å². The number of amides is 1. The van der Waals surface area contributed by atoms with Crippen LogP contribution in [-0.4, -0.2) is 32.1 Å². The number of benzene rings is 2. The summed E-state index contributed by atoms with van der Waals surface area (Å²) in [7, 11) is 0. The van der Waals surface area contributed by atoms with E-state index in [1.165, 1.54) is 6.07 Å². The topological polar surface area (TPSA) is 46.4 Å². The number of aryl methyl sites for hydroxylation is 1. The van der Waals surface area contributed by atoms with E-state index in [0.29, 0.717) is 16.9 Å². The number of halogens is 1. The summed E-state index contributed by atoms with van der Waals surface area (Å²) in [6.45, 7) is 4.79. The Kier molecular flexibility index (Phi) is 4.57. The van der Waals surface area contributed by atoms with Crippen molar-refractivity contribution in [1.29, 1.82) is 0 Å². The summed E-state index contributed by atoms with van der Waals surface area (Å²) in [6, 6.07) is 12.1. The Labute approximate surface area is 135 Å². The molecule has 0 aliphatic carbocycles. The molecule has 5 heteroatoms. The van der Waals surface area contributed by atoms with Crippen molar-refractivity contribution in [2.45, 2.75) is 6.92 Å². The van der Waals surface area contributed by atoms with Crippen molar-refractivity contribution in [2.75, 3.05) is 36.4 Å². The SMILES string of the molecule is Cc1ccccc1C(=O)Nc1ccc(N2CC[N]CC2)c(F)c1. The van der Waals surface area contributed by atoms with Crippen LogP contribution in [0.5, 0.6) is 0 Å². The fourth-order valence-electron chi connectivity index (χ4n) is 2.71. The molecule has 1 aliphatic rings. The number of rotatable bonds is 3. The predicted octanol–water partition coefficient (Wildman–Crippen LogP) is 2.81. The highest BCUT2D eigenvalue weighted by atomic mass is 19.1. The van der Waals surface area contributed by atoms with Gasteiger partial charge in [0.15, 0.2) is 0 Å². The smallest absolute Gasteiger partial charge is 0.255 e. The molecule has 2 aromatic carbocycles. The summed E-state index contributed by atoms with van der Waals surface area (Å²) in [6.07, 6.45) is 0. The molecule has 0 saturated carbocycles. The zero-order valence-corrected chi connectivity index (χ0v) is 13.1. The van der Waals surface area contributed by atoms with Crippen molar-refractivity contribution in [1.82, 2.24) is 5.32 Å². The van der Waals surface area contributed by atoms with Crippen LogP contribution in [0.2, 0.25) is 0 Å². The summed E-state index contributed by atoms with van der Waals surface area (Å²) in [4.78, 5) is 14.3. The van der Waals surface area contributed by atoms with Crippen LogP contribution in [-0.2, 0) is 0 Å². The first-order chi connectivity index (χ1) is 11.1. The molecule has 1 fully saturated rings. The van der Waals surface area contributed by atoms with Gasteiger partial charge in [-0.1, -0.05) is 18.2 Å². The lowest BCUT2D eigenvalue weighted by atomic mass is 10.1. The van der Waals surface area contributed by atoms with E-state index in [1.807, 2.05) is 30.0 Å². The van der Waals surface area contributed by atoms with E-state index in [4.69, 9.17) is 0 Å². The molecule has 3 rings (SSSR count). The molecule has 1 heterocycles. The van der Waals surface area contributed by atoms with Crippen molar-refractivity contribution < 1.29 is 9.18 Å². The van der Waals surface area contributed by atoms with Gasteiger partial charge in [-0.05, 0) is 36.8 Å². The highest BCUT2D eigenvalue weighted by Crippen LogP contribution is 2.24. The molecule has 23 heavy (non-hydrogen) atoms. The number of hydrogen-bond acceptors (Lipinski definition) is 2. The molecule has 0 bridgehead atoms. The van der Waals surface area contributed by atoms with Crippen LogP contribution in [0.4, 0.5) is 15.8 Å². The van der Waals surface area contributed by atoms with E-state index in [9.17, 15) is 9.18 Å². The van der Waals surface area contributed by atoms with Crippen molar-refractivity contribution in [3.05, 3.63) is 59.4 Å². The molecule has 0 aromatic heterocycles. The van der Waals surface area contributed by atoms with E-state index < -0.39 is 0 Å². The van der Waals surface area contributed by atoms with Crippen LogP contribution < -0.4 is 15.5 Å². The molecule has 1 radical (unpaired) electrons. The minimum atomic E-state index is -0.325.